The summed E-state index contributed by atoms with van der Waals surface area (Å²) in [7, 11) is -3.68. The van der Waals surface area contributed by atoms with E-state index in [-0.39, 0.29) is 16.8 Å². The van der Waals surface area contributed by atoms with Gasteiger partial charge in [-0.05, 0) is 37.5 Å². The second-order valence-corrected chi connectivity index (χ2v) is 7.70. The Morgan fingerprint density at radius 2 is 2.15 bits per heavy atom. The van der Waals surface area contributed by atoms with Crippen LogP contribution in [-0.2, 0) is 20.4 Å². The molecule has 110 valence electrons. The fourth-order valence-electron chi connectivity index (χ4n) is 1.69. The van der Waals surface area contributed by atoms with Gasteiger partial charge in [0.15, 0.2) is 9.84 Å². The van der Waals surface area contributed by atoms with Gasteiger partial charge in [0.2, 0.25) is 5.91 Å². The molecule has 2 rings (SSSR count). The van der Waals surface area contributed by atoms with Crippen LogP contribution in [0.25, 0.3) is 0 Å². The molecule has 0 aromatic heterocycles. The number of rotatable bonds is 5. The van der Waals surface area contributed by atoms with Gasteiger partial charge in [-0.15, -0.1) is 0 Å². The van der Waals surface area contributed by atoms with Crippen LogP contribution in [0.5, 0.6) is 0 Å². The first-order valence-electron chi connectivity index (χ1n) is 6.25. The highest BCUT2D eigenvalue weighted by atomic mass is 35.5. The summed E-state index contributed by atoms with van der Waals surface area (Å²) < 4.78 is 37.3. The highest BCUT2D eigenvalue weighted by Gasteiger charge is 2.32. The first-order valence-corrected chi connectivity index (χ1v) is 8.35. The van der Waals surface area contributed by atoms with Crippen LogP contribution in [0, 0.1) is 5.82 Å². The molecule has 1 saturated carbocycles. The van der Waals surface area contributed by atoms with Crippen molar-refractivity contribution in [3.8, 4) is 0 Å². The van der Waals surface area contributed by atoms with E-state index < -0.39 is 26.8 Å². The van der Waals surface area contributed by atoms with Crippen molar-refractivity contribution in [3.05, 3.63) is 34.6 Å². The number of hydrogen-bond acceptors (Lipinski definition) is 3. The predicted molar refractivity (Wildman–Crippen MR) is 74.7 cm³/mol. The van der Waals surface area contributed by atoms with Crippen LogP contribution in [-0.4, -0.2) is 25.6 Å². The van der Waals surface area contributed by atoms with Crippen LogP contribution in [0.1, 0.15) is 25.3 Å². The summed E-state index contributed by atoms with van der Waals surface area (Å²) in [6.07, 6.45) is 1.78. The van der Waals surface area contributed by atoms with Gasteiger partial charge in [-0.25, -0.2) is 12.8 Å². The van der Waals surface area contributed by atoms with Crippen molar-refractivity contribution in [1.82, 2.24) is 5.32 Å². The SMILES string of the molecule is CC(C(=O)NC1CC1)S(=O)(=O)Cc1ccc(F)cc1Cl. The molecule has 0 saturated heterocycles. The van der Waals surface area contributed by atoms with Crippen molar-refractivity contribution in [2.24, 2.45) is 0 Å². The van der Waals surface area contributed by atoms with E-state index >= 15 is 0 Å². The lowest BCUT2D eigenvalue weighted by molar-refractivity contribution is -0.120. The molecule has 0 bridgehead atoms. The monoisotopic (exact) mass is 319 g/mol. The molecule has 1 aromatic rings. The van der Waals surface area contributed by atoms with Crippen molar-refractivity contribution in [3.63, 3.8) is 0 Å². The van der Waals surface area contributed by atoms with Crippen molar-refractivity contribution < 1.29 is 17.6 Å². The number of carbonyl (C=O) groups excluding carboxylic acids is 1. The maximum Gasteiger partial charge on any atom is 0.238 e. The molecule has 1 atom stereocenters. The van der Waals surface area contributed by atoms with Crippen molar-refractivity contribution in [2.75, 3.05) is 0 Å². The van der Waals surface area contributed by atoms with Gasteiger partial charge in [-0.2, -0.15) is 0 Å². The van der Waals surface area contributed by atoms with Gasteiger partial charge in [-0.1, -0.05) is 17.7 Å². The van der Waals surface area contributed by atoms with E-state index in [1.54, 1.807) is 0 Å². The van der Waals surface area contributed by atoms with Crippen LogP contribution >= 0.6 is 11.6 Å². The van der Waals surface area contributed by atoms with Crippen LogP contribution in [0.15, 0.2) is 18.2 Å². The van der Waals surface area contributed by atoms with E-state index in [0.717, 1.165) is 25.0 Å². The molecule has 4 nitrogen and oxygen atoms in total. The second kappa shape index (κ2) is 5.69. The summed E-state index contributed by atoms with van der Waals surface area (Å²) in [6, 6.07) is 3.63. The van der Waals surface area contributed by atoms with E-state index in [9.17, 15) is 17.6 Å². The highest BCUT2D eigenvalue weighted by molar-refractivity contribution is 7.92. The normalized spacial score (nSPS) is 16.8. The number of hydrogen-bond donors (Lipinski definition) is 1. The first kappa shape index (κ1) is 15.3. The lowest BCUT2D eigenvalue weighted by Crippen LogP contribution is -2.39. The molecule has 1 aliphatic rings. The predicted octanol–water partition coefficient (Wildman–Crippen LogP) is 2.06. The molecule has 0 radical (unpaired) electrons. The van der Waals surface area contributed by atoms with Crippen molar-refractivity contribution in [1.29, 1.82) is 0 Å². The van der Waals surface area contributed by atoms with Crippen LogP contribution in [0.4, 0.5) is 4.39 Å². The van der Waals surface area contributed by atoms with Gasteiger partial charge in [-0.3, -0.25) is 4.79 Å². The lowest BCUT2D eigenvalue weighted by Gasteiger charge is -2.13. The topological polar surface area (TPSA) is 63.2 Å². The first-order chi connectivity index (χ1) is 9.29. The van der Waals surface area contributed by atoms with Gasteiger partial charge < -0.3 is 5.32 Å². The Morgan fingerprint density at radius 3 is 2.70 bits per heavy atom. The number of nitrogens with one attached hydrogen (secondary N) is 1. The Labute approximate surface area is 122 Å². The maximum atomic E-state index is 12.9. The third kappa shape index (κ3) is 3.70. The molecule has 1 amide bonds. The zero-order valence-electron chi connectivity index (χ0n) is 10.9. The van der Waals surface area contributed by atoms with Crippen LogP contribution in [0.3, 0.4) is 0 Å². The van der Waals surface area contributed by atoms with Crippen LogP contribution < -0.4 is 5.32 Å². The largest absolute Gasteiger partial charge is 0.352 e. The quantitative estimate of drug-likeness (QED) is 0.903. The second-order valence-electron chi connectivity index (χ2n) is 4.97. The van der Waals surface area contributed by atoms with Gasteiger partial charge in [0.25, 0.3) is 0 Å². The van der Waals surface area contributed by atoms with E-state index in [1.165, 1.54) is 13.0 Å². The third-order valence-electron chi connectivity index (χ3n) is 3.20. The maximum absolute atomic E-state index is 12.9. The number of amides is 1. The highest BCUT2D eigenvalue weighted by Crippen LogP contribution is 2.23. The fourth-order valence-corrected chi connectivity index (χ4v) is 3.33. The summed E-state index contributed by atoms with van der Waals surface area (Å²) in [4.78, 5) is 11.8. The average molecular weight is 320 g/mol. The Morgan fingerprint density at radius 1 is 1.50 bits per heavy atom. The van der Waals surface area contributed by atoms with Gasteiger partial charge in [0.05, 0.1) is 5.75 Å². The summed E-state index contributed by atoms with van der Waals surface area (Å²) in [6.45, 7) is 1.35. The third-order valence-corrected chi connectivity index (χ3v) is 5.56. The van der Waals surface area contributed by atoms with Gasteiger partial charge in [0, 0.05) is 11.1 Å². The molecule has 1 aliphatic carbocycles. The van der Waals surface area contributed by atoms with E-state index in [2.05, 4.69) is 5.32 Å². The molecule has 0 aliphatic heterocycles. The summed E-state index contributed by atoms with van der Waals surface area (Å²) >= 11 is 5.81. The lowest BCUT2D eigenvalue weighted by atomic mass is 10.2. The minimum absolute atomic E-state index is 0.0448. The molecule has 7 heteroatoms. The molecule has 1 aromatic carbocycles. The Bertz CT molecular complexity index is 629. The minimum atomic E-state index is -3.68. The standard InChI is InChI=1S/C13H15ClFNO3S/c1-8(13(17)16-11-4-5-11)20(18,19)7-9-2-3-10(15)6-12(9)14/h2-3,6,8,11H,4-5,7H2,1H3,(H,16,17). The van der Waals surface area contributed by atoms with Crippen molar-refractivity contribution in [2.45, 2.75) is 36.8 Å². The Balaban J connectivity index is 2.11. The Hall–Kier alpha value is -1.14. The minimum Gasteiger partial charge on any atom is -0.352 e. The van der Waals surface area contributed by atoms with Crippen molar-refractivity contribution >= 4 is 27.3 Å². The molecular weight excluding hydrogens is 305 g/mol. The van der Waals surface area contributed by atoms with E-state index in [1.807, 2.05) is 0 Å². The molecule has 1 fully saturated rings. The number of benzene rings is 1. The van der Waals surface area contributed by atoms with E-state index in [0.29, 0.717) is 5.56 Å². The number of carbonyl (C=O) groups is 1. The Kier molecular flexibility index (Phi) is 4.34. The fraction of sp³-hybridized carbons (Fsp3) is 0.462. The molecule has 1 unspecified atom stereocenters. The molecule has 1 N–H and O–H groups in total. The summed E-state index contributed by atoms with van der Waals surface area (Å²) in [5, 5.41) is 1.55. The number of sulfone groups is 1. The van der Waals surface area contributed by atoms with Gasteiger partial charge in [0.1, 0.15) is 11.1 Å². The summed E-state index contributed by atoms with van der Waals surface area (Å²) in [5.74, 6) is -1.41. The molecule has 20 heavy (non-hydrogen) atoms. The molecular formula is C13H15ClFNO3S. The van der Waals surface area contributed by atoms with E-state index in [4.69, 9.17) is 11.6 Å². The number of halogens is 2. The molecule has 0 spiro atoms. The van der Waals surface area contributed by atoms with Gasteiger partial charge >= 0.3 is 0 Å². The summed E-state index contributed by atoms with van der Waals surface area (Å²) in [5.41, 5.74) is 0.291. The average Bonchev–Trinajstić information content (AvgIpc) is 3.15. The van der Waals surface area contributed by atoms with Crippen LogP contribution in [0.2, 0.25) is 5.02 Å². The zero-order valence-corrected chi connectivity index (χ0v) is 12.5. The smallest absolute Gasteiger partial charge is 0.238 e. The molecule has 0 heterocycles. The zero-order chi connectivity index (χ0) is 14.9.